The third-order valence-corrected chi connectivity index (χ3v) is 4.39. The second-order valence-corrected chi connectivity index (χ2v) is 6.05. The Morgan fingerprint density at radius 3 is 1.52 bits per heavy atom. The highest BCUT2D eigenvalue weighted by Gasteiger charge is 2.49. The average Bonchev–Trinajstić information content (AvgIpc) is 2.75. The Kier molecular flexibility index (Phi) is 10.9. The number of hydrogen-bond acceptors (Lipinski definition) is 8. The summed E-state index contributed by atoms with van der Waals surface area (Å²) < 4.78 is 18.9. The fraction of sp³-hybridized carbons (Fsp3) is 0.524. The number of rotatable bonds is 10. The number of terminal acetylenes is 1. The summed E-state index contributed by atoms with van der Waals surface area (Å²) in [5, 5.41) is 0. The normalized spacial score (nSPS) is 10.4. The van der Waals surface area contributed by atoms with Gasteiger partial charge in [-0.05, 0) is 12.8 Å². The van der Waals surface area contributed by atoms with Gasteiger partial charge in [-0.3, -0.25) is 19.2 Å². The third kappa shape index (κ3) is 5.86. The maximum Gasteiger partial charge on any atom is 0.325 e. The van der Waals surface area contributed by atoms with Crippen molar-refractivity contribution in [1.82, 2.24) is 0 Å². The molecule has 0 saturated carbocycles. The first-order valence-corrected chi connectivity index (χ1v) is 8.60. The standard InChI is InChI=1S/C21H26O8/c1-7-9-13-21(18(24)28-5,19(25)29-6)15-11-10-14-20(12-8-2,16(22)26-3)17(23)27-4/h2,7H,1,9,12-15H2,3-6H3. The second-order valence-electron chi connectivity index (χ2n) is 6.05. The molecule has 0 radical (unpaired) electrons. The highest BCUT2D eigenvalue weighted by molar-refractivity contribution is 6.01. The predicted molar refractivity (Wildman–Crippen MR) is 103 cm³/mol. The van der Waals surface area contributed by atoms with Crippen LogP contribution < -0.4 is 0 Å². The van der Waals surface area contributed by atoms with Crippen molar-refractivity contribution < 1.29 is 38.1 Å². The summed E-state index contributed by atoms with van der Waals surface area (Å²) in [5.74, 6) is 4.16. The monoisotopic (exact) mass is 406 g/mol. The molecule has 0 heterocycles. The van der Waals surface area contributed by atoms with Crippen molar-refractivity contribution in [2.45, 2.75) is 32.1 Å². The summed E-state index contributed by atoms with van der Waals surface area (Å²) in [5.41, 5.74) is -3.48. The number of methoxy groups -OCH3 is 4. The Morgan fingerprint density at radius 2 is 1.17 bits per heavy atom. The van der Waals surface area contributed by atoms with Crippen molar-refractivity contribution in [2.75, 3.05) is 28.4 Å². The number of ether oxygens (including phenoxy) is 4. The Bertz CT molecular complexity index is 700. The molecule has 0 aliphatic carbocycles. The van der Waals surface area contributed by atoms with Crippen LogP contribution in [0.5, 0.6) is 0 Å². The summed E-state index contributed by atoms with van der Waals surface area (Å²) in [7, 11) is 4.51. The van der Waals surface area contributed by atoms with Gasteiger partial charge in [0.15, 0.2) is 10.8 Å². The van der Waals surface area contributed by atoms with E-state index in [1.807, 2.05) is 0 Å². The fourth-order valence-corrected chi connectivity index (χ4v) is 2.69. The second kappa shape index (κ2) is 12.2. The van der Waals surface area contributed by atoms with E-state index in [0.717, 1.165) is 28.4 Å². The van der Waals surface area contributed by atoms with Crippen LogP contribution in [0, 0.1) is 35.0 Å². The molecule has 0 rings (SSSR count). The number of hydrogen-bond donors (Lipinski definition) is 0. The third-order valence-electron chi connectivity index (χ3n) is 4.39. The minimum atomic E-state index is -1.81. The highest BCUT2D eigenvalue weighted by atomic mass is 16.6. The van der Waals surface area contributed by atoms with Crippen LogP contribution in [-0.4, -0.2) is 52.3 Å². The summed E-state index contributed by atoms with van der Waals surface area (Å²) in [6.45, 7) is 3.58. The largest absolute Gasteiger partial charge is 0.468 e. The molecule has 0 spiro atoms. The Morgan fingerprint density at radius 1 is 0.793 bits per heavy atom. The zero-order chi connectivity index (χ0) is 22.5. The SMILES string of the molecule is C#CCC(CC#CCC(CCC=C)(C(=O)OC)C(=O)OC)(C(=O)OC)C(=O)OC. The molecular weight excluding hydrogens is 380 g/mol. The molecule has 0 N–H and O–H groups in total. The minimum absolute atomic E-state index is 0.0635. The molecule has 0 atom stereocenters. The van der Waals surface area contributed by atoms with E-state index in [1.54, 1.807) is 6.08 Å². The first kappa shape index (κ1) is 25.7. The van der Waals surface area contributed by atoms with Gasteiger partial charge in [0.05, 0.1) is 28.4 Å². The summed E-state index contributed by atoms with van der Waals surface area (Å²) in [6, 6.07) is 0. The molecular formula is C21H26O8. The zero-order valence-corrected chi connectivity index (χ0v) is 17.2. The zero-order valence-electron chi connectivity index (χ0n) is 17.2. The maximum absolute atomic E-state index is 12.3. The van der Waals surface area contributed by atoms with E-state index in [9.17, 15) is 19.2 Å². The van der Waals surface area contributed by atoms with E-state index in [-0.39, 0.29) is 25.7 Å². The van der Waals surface area contributed by atoms with Gasteiger partial charge in [0.25, 0.3) is 0 Å². The molecule has 29 heavy (non-hydrogen) atoms. The van der Waals surface area contributed by atoms with Crippen LogP contribution in [0.4, 0.5) is 0 Å². The lowest BCUT2D eigenvalue weighted by molar-refractivity contribution is -0.170. The number of esters is 4. The lowest BCUT2D eigenvalue weighted by Gasteiger charge is -2.26. The van der Waals surface area contributed by atoms with E-state index in [4.69, 9.17) is 25.4 Å². The summed E-state index contributed by atoms with van der Waals surface area (Å²) >= 11 is 0. The van der Waals surface area contributed by atoms with Crippen LogP contribution in [0.15, 0.2) is 12.7 Å². The van der Waals surface area contributed by atoms with Crippen molar-refractivity contribution in [3.05, 3.63) is 12.7 Å². The van der Waals surface area contributed by atoms with Gasteiger partial charge in [-0.25, -0.2) is 0 Å². The molecule has 0 amide bonds. The average molecular weight is 406 g/mol. The van der Waals surface area contributed by atoms with Crippen molar-refractivity contribution in [3.63, 3.8) is 0 Å². The van der Waals surface area contributed by atoms with Gasteiger partial charge in [0, 0.05) is 19.3 Å². The topological polar surface area (TPSA) is 105 Å². The predicted octanol–water partition coefficient (Wildman–Crippen LogP) is 1.42. The van der Waals surface area contributed by atoms with E-state index in [2.05, 4.69) is 24.3 Å². The molecule has 0 aromatic carbocycles. The van der Waals surface area contributed by atoms with Crippen molar-refractivity contribution in [2.24, 2.45) is 10.8 Å². The van der Waals surface area contributed by atoms with Crippen molar-refractivity contribution in [1.29, 1.82) is 0 Å². The molecule has 0 fully saturated rings. The first-order chi connectivity index (χ1) is 13.8. The van der Waals surface area contributed by atoms with Gasteiger partial charge < -0.3 is 18.9 Å². The molecule has 8 heteroatoms. The number of allylic oxidation sites excluding steroid dienone is 1. The van der Waals surface area contributed by atoms with Crippen molar-refractivity contribution in [3.8, 4) is 24.2 Å². The van der Waals surface area contributed by atoms with Gasteiger partial charge in [-0.15, -0.1) is 30.8 Å². The van der Waals surface area contributed by atoms with Gasteiger partial charge in [0.1, 0.15) is 0 Å². The van der Waals surface area contributed by atoms with Gasteiger partial charge in [-0.2, -0.15) is 0 Å². The Hall–Kier alpha value is -3.26. The Balaban J connectivity index is 5.97. The summed E-state index contributed by atoms with van der Waals surface area (Å²) in [6.07, 6.45) is 6.36. The molecule has 0 aromatic rings. The smallest absolute Gasteiger partial charge is 0.325 e. The molecule has 0 bridgehead atoms. The highest BCUT2D eigenvalue weighted by Crippen LogP contribution is 2.33. The van der Waals surface area contributed by atoms with Crippen LogP contribution in [-0.2, 0) is 38.1 Å². The maximum atomic E-state index is 12.3. The minimum Gasteiger partial charge on any atom is -0.468 e. The molecule has 0 saturated heterocycles. The van der Waals surface area contributed by atoms with Crippen LogP contribution in [0.1, 0.15) is 32.1 Å². The molecule has 158 valence electrons. The lowest BCUT2D eigenvalue weighted by atomic mass is 9.79. The van der Waals surface area contributed by atoms with Gasteiger partial charge in [0.2, 0.25) is 0 Å². The molecule has 0 unspecified atom stereocenters. The molecule has 0 aliphatic rings. The number of carbonyl (C=O) groups is 4. The van der Waals surface area contributed by atoms with E-state index in [0.29, 0.717) is 6.42 Å². The number of carbonyl (C=O) groups excluding carboxylic acids is 4. The van der Waals surface area contributed by atoms with Crippen LogP contribution in [0.25, 0.3) is 0 Å². The van der Waals surface area contributed by atoms with E-state index in [1.165, 1.54) is 0 Å². The first-order valence-electron chi connectivity index (χ1n) is 8.60. The van der Waals surface area contributed by atoms with Gasteiger partial charge >= 0.3 is 23.9 Å². The van der Waals surface area contributed by atoms with Crippen LogP contribution in [0.2, 0.25) is 0 Å². The van der Waals surface area contributed by atoms with Crippen molar-refractivity contribution >= 4 is 23.9 Å². The molecule has 0 aliphatic heterocycles. The fourth-order valence-electron chi connectivity index (χ4n) is 2.69. The molecule has 8 nitrogen and oxygen atoms in total. The van der Waals surface area contributed by atoms with Crippen LogP contribution >= 0.6 is 0 Å². The van der Waals surface area contributed by atoms with Gasteiger partial charge in [-0.1, -0.05) is 6.08 Å². The lowest BCUT2D eigenvalue weighted by Crippen LogP contribution is -2.41. The summed E-state index contributed by atoms with van der Waals surface area (Å²) in [4.78, 5) is 49.1. The Labute approximate surface area is 170 Å². The van der Waals surface area contributed by atoms with E-state index < -0.39 is 34.7 Å². The van der Waals surface area contributed by atoms with Crippen LogP contribution in [0.3, 0.4) is 0 Å². The molecule has 0 aromatic heterocycles. The quantitative estimate of drug-likeness (QED) is 0.176. The van der Waals surface area contributed by atoms with E-state index >= 15 is 0 Å².